The molecule has 0 aromatic carbocycles. The second-order valence-electron chi connectivity index (χ2n) is 5.50. The van der Waals surface area contributed by atoms with Crippen LogP contribution in [-0.2, 0) is 9.59 Å². The first-order chi connectivity index (χ1) is 9.47. The van der Waals surface area contributed by atoms with Gasteiger partial charge in [0.05, 0.1) is 5.69 Å². The molecule has 110 valence electrons. The SMILES string of the molecule is CC(=O)N[C@H](C)C(=O)N1CCC(c2cc(C)[nH]n2)CC1. The van der Waals surface area contributed by atoms with Crippen molar-refractivity contribution in [3.8, 4) is 0 Å². The third kappa shape index (κ3) is 3.37. The van der Waals surface area contributed by atoms with Crippen LogP contribution in [0, 0.1) is 6.92 Å². The topological polar surface area (TPSA) is 78.1 Å². The first-order valence-corrected chi connectivity index (χ1v) is 7.05. The number of nitrogens with one attached hydrogen (secondary N) is 2. The highest BCUT2D eigenvalue weighted by atomic mass is 16.2. The fourth-order valence-electron chi connectivity index (χ4n) is 2.68. The summed E-state index contributed by atoms with van der Waals surface area (Å²) in [5, 5.41) is 9.90. The molecule has 1 atom stereocenters. The van der Waals surface area contributed by atoms with E-state index in [1.54, 1.807) is 6.92 Å². The number of rotatable bonds is 3. The van der Waals surface area contributed by atoms with E-state index < -0.39 is 6.04 Å². The number of aromatic amines is 1. The maximum atomic E-state index is 12.2. The molecule has 0 radical (unpaired) electrons. The molecule has 0 saturated carbocycles. The molecule has 2 N–H and O–H groups in total. The standard InChI is InChI=1S/C14H22N4O2/c1-9-8-13(17-16-9)12-4-6-18(7-5-12)14(20)10(2)15-11(3)19/h8,10,12H,4-7H2,1-3H3,(H,15,19)(H,16,17)/t10-/m1/s1. The molecular weight excluding hydrogens is 256 g/mol. The van der Waals surface area contributed by atoms with E-state index in [9.17, 15) is 9.59 Å². The second kappa shape index (κ2) is 6.07. The van der Waals surface area contributed by atoms with Gasteiger partial charge in [0, 0.05) is 31.6 Å². The van der Waals surface area contributed by atoms with Gasteiger partial charge >= 0.3 is 0 Å². The summed E-state index contributed by atoms with van der Waals surface area (Å²) in [5.74, 6) is 0.240. The van der Waals surface area contributed by atoms with Crippen LogP contribution in [0.2, 0.25) is 0 Å². The quantitative estimate of drug-likeness (QED) is 0.864. The molecule has 1 fully saturated rings. The third-order valence-electron chi connectivity index (χ3n) is 3.74. The highest BCUT2D eigenvalue weighted by Crippen LogP contribution is 2.27. The number of carbonyl (C=O) groups is 2. The van der Waals surface area contributed by atoms with Crippen molar-refractivity contribution in [3.05, 3.63) is 17.5 Å². The zero-order valence-electron chi connectivity index (χ0n) is 12.3. The van der Waals surface area contributed by atoms with Crippen molar-refractivity contribution in [2.45, 2.75) is 45.6 Å². The van der Waals surface area contributed by atoms with Gasteiger partial charge in [-0.25, -0.2) is 0 Å². The van der Waals surface area contributed by atoms with Crippen LogP contribution in [0.25, 0.3) is 0 Å². The zero-order valence-corrected chi connectivity index (χ0v) is 12.3. The van der Waals surface area contributed by atoms with E-state index in [-0.39, 0.29) is 11.8 Å². The minimum Gasteiger partial charge on any atom is -0.345 e. The molecule has 2 rings (SSSR count). The van der Waals surface area contributed by atoms with Gasteiger partial charge in [-0.2, -0.15) is 5.10 Å². The lowest BCUT2D eigenvalue weighted by Gasteiger charge is -2.33. The number of aromatic nitrogens is 2. The van der Waals surface area contributed by atoms with E-state index in [1.807, 2.05) is 11.8 Å². The Labute approximate surface area is 118 Å². The number of H-pyrrole nitrogens is 1. The summed E-state index contributed by atoms with van der Waals surface area (Å²) in [6, 6.07) is 1.62. The van der Waals surface area contributed by atoms with Crippen molar-refractivity contribution < 1.29 is 9.59 Å². The van der Waals surface area contributed by atoms with E-state index >= 15 is 0 Å². The van der Waals surface area contributed by atoms with Crippen LogP contribution < -0.4 is 5.32 Å². The predicted octanol–water partition coefficient (Wildman–Crippen LogP) is 0.949. The van der Waals surface area contributed by atoms with Gasteiger partial charge in [0.25, 0.3) is 0 Å². The Hall–Kier alpha value is -1.85. The Morgan fingerprint density at radius 2 is 2.10 bits per heavy atom. The number of amides is 2. The lowest BCUT2D eigenvalue weighted by atomic mass is 9.93. The Kier molecular flexibility index (Phi) is 4.42. The van der Waals surface area contributed by atoms with Gasteiger partial charge in [-0.1, -0.05) is 0 Å². The molecule has 0 spiro atoms. The summed E-state index contributed by atoms with van der Waals surface area (Å²) in [7, 11) is 0. The van der Waals surface area contributed by atoms with Crippen molar-refractivity contribution in [2.24, 2.45) is 0 Å². The highest BCUT2D eigenvalue weighted by Gasteiger charge is 2.27. The molecular formula is C14H22N4O2. The molecule has 0 bridgehead atoms. The summed E-state index contributed by atoms with van der Waals surface area (Å²) in [6.07, 6.45) is 1.84. The lowest BCUT2D eigenvalue weighted by molar-refractivity contribution is -0.136. The minimum atomic E-state index is -0.448. The van der Waals surface area contributed by atoms with E-state index in [2.05, 4.69) is 21.6 Å². The van der Waals surface area contributed by atoms with Crippen LogP contribution in [0.5, 0.6) is 0 Å². The van der Waals surface area contributed by atoms with Crippen molar-refractivity contribution >= 4 is 11.8 Å². The van der Waals surface area contributed by atoms with Crippen LogP contribution in [-0.4, -0.2) is 46.0 Å². The van der Waals surface area contributed by atoms with Crippen LogP contribution in [0.4, 0.5) is 0 Å². The number of hydrogen-bond acceptors (Lipinski definition) is 3. The normalized spacial score (nSPS) is 17.9. The number of carbonyl (C=O) groups excluding carboxylic acids is 2. The Morgan fingerprint density at radius 3 is 2.60 bits per heavy atom. The van der Waals surface area contributed by atoms with Gasteiger partial charge in [-0.05, 0) is 32.8 Å². The molecule has 1 saturated heterocycles. The van der Waals surface area contributed by atoms with Crippen molar-refractivity contribution in [2.75, 3.05) is 13.1 Å². The lowest BCUT2D eigenvalue weighted by Crippen LogP contribution is -2.48. The van der Waals surface area contributed by atoms with Gasteiger partial charge in [0.15, 0.2) is 0 Å². The fraction of sp³-hybridized carbons (Fsp3) is 0.643. The Bertz CT molecular complexity index is 489. The van der Waals surface area contributed by atoms with Gasteiger partial charge in [0.1, 0.15) is 6.04 Å². The molecule has 1 aliphatic rings. The largest absolute Gasteiger partial charge is 0.345 e. The average Bonchev–Trinajstić information content (AvgIpc) is 2.84. The van der Waals surface area contributed by atoms with Crippen LogP contribution in [0.15, 0.2) is 6.07 Å². The molecule has 2 amide bonds. The zero-order chi connectivity index (χ0) is 14.7. The number of aryl methyl sites for hydroxylation is 1. The summed E-state index contributed by atoms with van der Waals surface area (Å²) in [4.78, 5) is 25.0. The van der Waals surface area contributed by atoms with Crippen LogP contribution in [0.1, 0.15) is 44.0 Å². The average molecular weight is 278 g/mol. The number of nitrogens with zero attached hydrogens (tertiary/aromatic N) is 2. The minimum absolute atomic E-state index is 0.00291. The molecule has 6 nitrogen and oxygen atoms in total. The smallest absolute Gasteiger partial charge is 0.244 e. The molecule has 0 aliphatic carbocycles. The summed E-state index contributed by atoms with van der Waals surface area (Å²) >= 11 is 0. The molecule has 20 heavy (non-hydrogen) atoms. The first kappa shape index (κ1) is 14.6. The molecule has 6 heteroatoms. The molecule has 2 heterocycles. The summed E-state index contributed by atoms with van der Waals surface area (Å²) < 4.78 is 0. The molecule has 1 aromatic heterocycles. The first-order valence-electron chi connectivity index (χ1n) is 7.05. The number of hydrogen-bond donors (Lipinski definition) is 2. The third-order valence-corrected chi connectivity index (χ3v) is 3.74. The van der Waals surface area contributed by atoms with Crippen molar-refractivity contribution in [1.82, 2.24) is 20.4 Å². The highest BCUT2D eigenvalue weighted by molar-refractivity contribution is 5.86. The maximum absolute atomic E-state index is 12.2. The van der Waals surface area contributed by atoms with Crippen molar-refractivity contribution in [1.29, 1.82) is 0 Å². The van der Waals surface area contributed by atoms with E-state index in [0.29, 0.717) is 5.92 Å². The van der Waals surface area contributed by atoms with Gasteiger partial charge in [-0.3, -0.25) is 14.7 Å². The van der Waals surface area contributed by atoms with Gasteiger partial charge < -0.3 is 10.2 Å². The Morgan fingerprint density at radius 1 is 1.45 bits per heavy atom. The van der Waals surface area contributed by atoms with E-state index in [4.69, 9.17) is 0 Å². The monoisotopic (exact) mass is 278 g/mol. The van der Waals surface area contributed by atoms with Gasteiger partial charge in [-0.15, -0.1) is 0 Å². The predicted molar refractivity (Wildman–Crippen MR) is 75.2 cm³/mol. The van der Waals surface area contributed by atoms with E-state index in [1.165, 1.54) is 6.92 Å². The van der Waals surface area contributed by atoms with E-state index in [0.717, 1.165) is 37.3 Å². The molecule has 1 aliphatic heterocycles. The summed E-state index contributed by atoms with van der Waals surface area (Å²) in [6.45, 7) is 6.59. The number of piperidine rings is 1. The Balaban J connectivity index is 1.87. The maximum Gasteiger partial charge on any atom is 0.244 e. The fourth-order valence-corrected chi connectivity index (χ4v) is 2.68. The summed E-state index contributed by atoms with van der Waals surface area (Å²) in [5.41, 5.74) is 2.15. The van der Waals surface area contributed by atoms with Crippen molar-refractivity contribution in [3.63, 3.8) is 0 Å². The number of likely N-dealkylation sites (tertiary alicyclic amines) is 1. The van der Waals surface area contributed by atoms with Crippen LogP contribution >= 0.6 is 0 Å². The van der Waals surface area contributed by atoms with Gasteiger partial charge in [0.2, 0.25) is 11.8 Å². The van der Waals surface area contributed by atoms with Crippen LogP contribution in [0.3, 0.4) is 0 Å². The molecule has 1 aromatic rings. The molecule has 0 unspecified atom stereocenters. The second-order valence-corrected chi connectivity index (χ2v) is 5.50.